The molecule has 0 aliphatic carbocycles. The van der Waals surface area contributed by atoms with Crippen molar-refractivity contribution in [3.8, 4) is 11.8 Å². The summed E-state index contributed by atoms with van der Waals surface area (Å²) in [5, 5.41) is 2.28. The molecule has 0 bridgehead atoms. The van der Waals surface area contributed by atoms with Crippen molar-refractivity contribution in [2.24, 2.45) is 0 Å². The number of carbonyl (C=O) groups is 1. The van der Waals surface area contributed by atoms with Crippen molar-refractivity contribution in [1.82, 2.24) is 19.0 Å². The van der Waals surface area contributed by atoms with Gasteiger partial charge in [0.1, 0.15) is 4.90 Å². The number of halogens is 1. The molecule has 0 radical (unpaired) electrons. The van der Waals surface area contributed by atoms with E-state index in [9.17, 15) is 13.2 Å². The minimum Gasteiger partial charge on any atom is -0.481 e. The summed E-state index contributed by atoms with van der Waals surface area (Å²) >= 11 is 7.08. The normalized spacial score (nSPS) is 13.6. The minimum absolute atomic E-state index is 0.0256. The highest BCUT2D eigenvalue weighted by molar-refractivity contribution is 7.98. The summed E-state index contributed by atoms with van der Waals surface area (Å²) < 4.78 is 39.7. The first-order valence-electron chi connectivity index (χ1n) is 8.78. The van der Waals surface area contributed by atoms with Crippen LogP contribution >= 0.6 is 23.5 Å². The van der Waals surface area contributed by atoms with E-state index in [-0.39, 0.29) is 22.6 Å². The van der Waals surface area contributed by atoms with E-state index in [1.54, 1.807) is 6.07 Å². The van der Waals surface area contributed by atoms with E-state index in [0.29, 0.717) is 17.3 Å². The van der Waals surface area contributed by atoms with Gasteiger partial charge in [0.15, 0.2) is 0 Å². The summed E-state index contributed by atoms with van der Waals surface area (Å²) in [6, 6.07) is 5.37. The van der Waals surface area contributed by atoms with E-state index >= 15 is 0 Å². The van der Waals surface area contributed by atoms with Crippen LogP contribution in [0.25, 0.3) is 0 Å². The first-order chi connectivity index (χ1) is 14.4. The summed E-state index contributed by atoms with van der Waals surface area (Å²) in [6.07, 6.45) is 0.787. The van der Waals surface area contributed by atoms with Crippen molar-refractivity contribution in [3.63, 3.8) is 0 Å². The van der Waals surface area contributed by atoms with Crippen molar-refractivity contribution in [2.75, 3.05) is 32.0 Å². The monoisotopic (exact) mass is 473 g/mol. The van der Waals surface area contributed by atoms with E-state index in [1.807, 2.05) is 15.1 Å². The maximum Gasteiger partial charge on any atom is 0.335 e. The third-order valence-electron chi connectivity index (χ3n) is 4.01. The van der Waals surface area contributed by atoms with E-state index in [0.717, 1.165) is 18.5 Å². The molecule has 2 heterocycles. The Morgan fingerprint density at radius 2 is 1.97 bits per heavy atom. The number of benzene rings is 1. The van der Waals surface area contributed by atoms with Crippen molar-refractivity contribution < 1.29 is 22.7 Å². The Morgan fingerprint density at radius 3 is 2.60 bits per heavy atom. The predicted octanol–water partition coefficient (Wildman–Crippen LogP) is 2.46. The van der Waals surface area contributed by atoms with E-state index < -0.39 is 16.1 Å². The quantitative estimate of drug-likeness (QED) is 0.439. The number of urea groups is 1. The summed E-state index contributed by atoms with van der Waals surface area (Å²) in [4.78, 5) is 20.8. The number of fused-ring (bicyclic) bond motifs is 1. The third-order valence-corrected chi connectivity index (χ3v) is 7.01. The van der Waals surface area contributed by atoms with Crippen molar-refractivity contribution in [1.29, 1.82) is 0 Å². The zero-order valence-corrected chi connectivity index (χ0v) is 18.6. The molecule has 0 unspecified atom stereocenters. The number of carbonyl (C=O) groups excluding carboxylic acids is 1. The van der Waals surface area contributed by atoms with Crippen LogP contribution in [-0.4, -0.2) is 55.4 Å². The molecule has 0 saturated heterocycles. The van der Waals surface area contributed by atoms with Gasteiger partial charge >= 0.3 is 6.03 Å². The summed E-state index contributed by atoms with van der Waals surface area (Å²) in [6.45, 7) is 1.33. The van der Waals surface area contributed by atoms with Crippen LogP contribution in [0.4, 0.5) is 10.7 Å². The average Bonchev–Trinajstić information content (AvgIpc) is 3.14. The number of sulfonamides is 1. The van der Waals surface area contributed by atoms with Gasteiger partial charge in [-0.05, 0) is 30.0 Å². The molecule has 162 valence electrons. The first-order valence-corrected chi connectivity index (χ1v) is 11.6. The van der Waals surface area contributed by atoms with Crippen molar-refractivity contribution >= 4 is 45.6 Å². The molecular weight excluding hydrogens is 454 g/mol. The topological polar surface area (TPSA) is 123 Å². The largest absolute Gasteiger partial charge is 0.481 e. The number of amides is 2. The van der Waals surface area contributed by atoms with Crippen LogP contribution in [-0.2, 0) is 16.6 Å². The Labute approximate surface area is 183 Å². The minimum atomic E-state index is -4.13. The molecule has 0 atom stereocenters. The lowest BCUT2D eigenvalue weighted by atomic mass is 10.2. The van der Waals surface area contributed by atoms with Gasteiger partial charge in [-0.1, -0.05) is 12.1 Å². The molecule has 0 fully saturated rings. The molecule has 2 amide bonds. The van der Waals surface area contributed by atoms with Crippen molar-refractivity contribution in [3.05, 3.63) is 29.8 Å². The fourth-order valence-corrected chi connectivity index (χ4v) is 5.37. The lowest BCUT2D eigenvalue weighted by Gasteiger charge is -2.13. The zero-order valence-electron chi connectivity index (χ0n) is 16.2. The molecule has 30 heavy (non-hydrogen) atoms. The van der Waals surface area contributed by atoms with Gasteiger partial charge in [0, 0.05) is 23.9 Å². The van der Waals surface area contributed by atoms with Crippen LogP contribution in [0.15, 0.2) is 34.1 Å². The van der Waals surface area contributed by atoms with Crippen molar-refractivity contribution in [2.45, 2.75) is 22.8 Å². The number of aromatic nitrogens is 2. The Hall–Kier alpha value is -2.28. The number of hydrogen-bond acceptors (Lipinski definition) is 9. The number of nitrogens with one attached hydrogen (secondary N) is 2. The van der Waals surface area contributed by atoms with Gasteiger partial charge in [-0.3, -0.25) is 5.32 Å². The second-order valence-electron chi connectivity index (χ2n) is 6.08. The van der Waals surface area contributed by atoms with Gasteiger partial charge in [0.25, 0.3) is 10.0 Å². The Balaban J connectivity index is 1.75. The number of ether oxygens (including phenoxy) is 2. The number of hydrogen-bond donors (Lipinski definition) is 2. The van der Waals surface area contributed by atoms with Gasteiger partial charge in [0.05, 0.1) is 20.3 Å². The molecule has 2 N–H and O–H groups in total. The highest BCUT2D eigenvalue weighted by atomic mass is 35.5. The van der Waals surface area contributed by atoms with E-state index in [4.69, 9.17) is 21.1 Å². The SMILES string of the molecule is COc1cc(OC)nc(NC(=O)NS(=O)(=O)c2cccc3c2SN(CCCCl)C3)n1. The summed E-state index contributed by atoms with van der Waals surface area (Å²) in [5.41, 5.74) is 0.874. The molecule has 1 aromatic heterocycles. The molecule has 1 aliphatic rings. The van der Waals surface area contributed by atoms with E-state index in [1.165, 1.54) is 38.3 Å². The summed E-state index contributed by atoms with van der Waals surface area (Å²) in [5.74, 6) is 0.652. The Kier molecular flexibility index (Phi) is 7.23. The van der Waals surface area contributed by atoms with Crippen LogP contribution in [0.1, 0.15) is 12.0 Å². The molecule has 2 aromatic rings. The van der Waals surface area contributed by atoms with Crippen LogP contribution in [0.2, 0.25) is 0 Å². The molecule has 0 spiro atoms. The first kappa shape index (κ1) is 22.4. The molecule has 0 saturated carbocycles. The standard InChI is InChI=1S/C17H20ClN5O5S2/c1-27-13-9-14(28-2)20-16(19-13)21-17(24)22-30(25,26)12-6-3-5-11-10-23(8-4-7-18)29-15(11)12/h3,5-6,9H,4,7-8,10H2,1-2H3,(H2,19,20,21,22,24). The Bertz CT molecular complexity index is 1010. The zero-order chi connectivity index (χ0) is 21.7. The van der Waals surface area contributed by atoms with Gasteiger partial charge < -0.3 is 9.47 Å². The third kappa shape index (κ3) is 5.25. The van der Waals surface area contributed by atoms with Crippen LogP contribution < -0.4 is 19.5 Å². The molecular formula is C17H20ClN5O5S2. The smallest absolute Gasteiger partial charge is 0.335 e. The number of anilines is 1. The fourth-order valence-electron chi connectivity index (χ4n) is 2.69. The lowest BCUT2D eigenvalue weighted by Crippen LogP contribution is -2.35. The summed E-state index contributed by atoms with van der Waals surface area (Å²) in [7, 11) is -1.36. The second kappa shape index (κ2) is 9.69. The maximum atomic E-state index is 12.8. The average molecular weight is 474 g/mol. The van der Waals surface area contributed by atoms with E-state index in [2.05, 4.69) is 15.3 Å². The maximum absolute atomic E-state index is 12.8. The number of nitrogens with zero attached hydrogens (tertiary/aromatic N) is 3. The van der Waals surface area contributed by atoms with Crippen LogP contribution in [0.3, 0.4) is 0 Å². The fraction of sp³-hybridized carbons (Fsp3) is 0.353. The van der Waals surface area contributed by atoms with Gasteiger partial charge in [0.2, 0.25) is 17.7 Å². The molecule has 3 rings (SSSR count). The predicted molar refractivity (Wildman–Crippen MR) is 113 cm³/mol. The number of rotatable bonds is 8. The molecule has 1 aliphatic heterocycles. The Morgan fingerprint density at radius 1 is 1.27 bits per heavy atom. The van der Waals surface area contributed by atoms with Crippen LogP contribution in [0, 0.1) is 0 Å². The van der Waals surface area contributed by atoms with Gasteiger partial charge in [-0.15, -0.1) is 11.6 Å². The number of alkyl halides is 1. The molecule has 10 nitrogen and oxygen atoms in total. The molecule has 13 heteroatoms. The lowest BCUT2D eigenvalue weighted by molar-refractivity contribution is 0.256. The number of methoxy groups -OCH3 is 2. The van der Waals surface area contributed by atoms with Gasteiger partial charge in [-0.25, -0.2) is 22.2 Å². The second-order valence-corrected chi connectivity index (χ2v) is 9.21. The highest BCUT2D eigenvalue weighted by Gasteiger charge is 2.29. The highest BCUT2D eigenvalue weighted by Crippen LogP contribution is 2.40. The van der Waals surface area contributed by atoms with Gasteiger partial charge in [-0.2, -0.15) is 9.97 Å². The van der Waals surface area contributed by atoms with Crippen LogP contribution in [0.5, 0.6) is 11.8 Å². The molecule has 1 aromatic carbocycles.